The van der Waals surface area contributed by atoms with Gasteiger partial charge in [-0.25, -0.2) is 0 Å². The van der Waals surface area contributed by atoms with Crippen LogP contribution in [0.4, 0.5) is 0 Å². The van der Waals surface area contributed by atoms with E-state index >= 15 is 0 Å². The topological polar surface area (TPSA) is 55.1 Å². The van der Waals surface area contributed by atoms with Crippen molar-refractivity contribution in [3.8, 4) is 0 Å². The number of carbonyl (C=O) groups is 1. The van der Waals surface area contributed by atoms with Crippen LogP contribution in [0.25, 0.3) is 0 Å². The molecule has 1 aliphatic rings. The predicted octanol–water partition coefficient (Wildman–Crippen LogP) is 3.25. The minimum Gasteiger partial charge on any atom is -0.354 e. The maximum atomic E-state index is 12.1. The first-order chi connectivity index (χ1) is 9.94. The van der Waals surface area contributed by atoms with Gasteiger partial charge in [-0.3, -0.25) is 4.79 Å². The second-order valence-corrected chi connectivity index (χ2v) is 6.92. The Bertz CT molecular complexity index is 495. The van der Waals surface area contributed by atoms with Crippen LogP contribution in [0.15, 0.2) is 24.3 Å². The van der Waals surface area contributed by atoms with Crippen LogP contribution in [0, 0.1) is 5.92 Å². The molecule has 4 heteroatoms. The van der Waals surface area contributed by atoms with Crippen LogP contribution in [0.2, 0.25) is 5.02 Å². The summed E-state index contributed by atoms with van der Waals surface area (Å²) >= 11 is 6.13. The first kappa shape index (κ1) is 16.3. The highest BCUT2D eigenvalue weighted by atomic mass is 35.5. The molecule has 0 spiro atoms. The average molecular weight is 309 g/mol. The maximum absolute atomic E-state index is 12.1. The Labute approximate surface area is 132 Å². The summed E-state index contributed by atoms with van der Waals surface area (Å²) in [4.78, 5) is 12.1. The highest BCUT2D eigenvalue weighted by Gasteiger charge is 2.36. The van der Waals surface area contributed by atoms with Crippen LogP contribution in [0.1, 0.15) is 45.1 Å². The molecule has 3 nitrogen and oxygen atoms in total. The third-order valence-corrected chi connectivity index (χ3v) is 4.85. The number of amides is 1. The Hall–Kier alpha value is -1.06. The van der Waals surface area contributed by atoms with E-state index in [4.69, 9.17) is 17.3 Å². The lowest BCUT2D eigenvalue weighted by Crippen LogP contribution is -2.48. The Morgan fingerprint density at radius 1 is 1.38 bits per heavy atom. The zero-order valence-electron chi connectivity index (χ0n) is 12.9. The number of benzene rings is 1. The highest BCUT2D eigenvalue weighted by molar-refractivity contribution is 6.30. The second kappa shape index (κ2) is 6.80. The number of hydrogen-bond donors (Lipinski definition) is 2. The van der Waals surface area contributed by atoms with Gasteiger partial charge >= 0.3 is 0 Å². The van der Waals surface area contributed by atoms with E-state index in [1.807, 2.05) is 32.0 Å². The molecule has 0 saturated heterocycles. The molecule has 21 heavy (non-hydrogen) atoms. The van der Waals surface area contributed by atoms with Gasteiger partial charge in [0.05, 0.1) is 6.04 Å². The SMILES string of the molecule is CC(C)[C@H](N)C(=O)NCC1(c2cccc(Cl)c2)CCCC1. The summed E-state index contributed by atoms with van der Waals surface area (Å²) in [5, 5.41) is 3.81. The van der Waals surface area contributed by atoms with E-state index in [0.717, 1.165) is 17.9 Å². The number of nitrogens with two attached hydrogens (primary N) is 1. The quantitative estimate of drug-likeness (QED) is 0.877. The van der Waals surface area contributed by atoms with E-state index in [2.05, 4.69) is 11.4 Å². The lowest BCUT2D eigenvalue weighted by Gasteiger charge is -2.31. The van der Waals surface area contributed by atoms with Crippen molar-refractivity contribution in [2.24, 2.45) is 11.7 Å². The average Bonchev–Trinajstić information content (AvgIpc) is 2.94. The van der Waals surface area contributed by atoms with Gasteiger partial charge in [-0.2, -0.15) is 0 Å². The van der Waals surface area contributed by atoms with Crippen molar-refractivity contribution in [1.82, 2.24) is 5.32 Å². The van der Waals surface area contributed by atoms with E-state index in [-0.39, 0.29) is 17.2 Å². The predicted molar refractivity (Wildman–Crippen MR) is 87.4 cm³/mol. The third-order valence-electron chi connectivity index (χ3n) is 4.62. The molecule has 1 fully saturated rings. The smallest absolute Gasteiger partial charge is 0.237 e. The van der Waals surface area contributed by atoms with Gasteiger partial charge in [-0.1, -0.05) is 50.4 Å². The highest BCUT2D eigenvalue weighted by Crippen LogP contribution is 2.41. The molecule has 1 saturated carbocycles. The van der Waals surface area contributed by atoms with Gasteiger partial charge in [0, 0.05) is 17.0 Å². The number of carbonyl (C=O) groups excluding carboxylic acids is 1. The Morgan fingerprint density at radius 2 is 2.05 bits per heavy atom. The molecule has 2 rings (SSSR count). The molecular weight excluding hydrogens is 284 g/mol. The van der Waals surface area contributed by atoms with Gasteiger partial charge in [0.15, 0.2) is 0 Å². The minimum absolute atomic E-state index is 0.0112. The monoisotopic (exact) mass is 308 g/mol. The van der Waals surface area contributed by atoms with E-state index < -0.39 is 6.04 Å². The number of halogens is 1. The van der Waals surface area contributed by atoms with Crippen molar-refractivity contribution < 1.29 is 4.79 Å². The van der Waals surface area contributed by atoms with Crippen LogP contribution in [0.3, 0.4) is 0 Å². The van der Waals surface area contributed by atoms with Gasteiger partial charge < -0.3 is 11.1 Å². The van der Waals surface area contributed by atoms with Crippen LogP contribution in [0.5, 0.6) is 0 Å². The van der Waals surface area contributed by atoms with Crippen LogP contribution in [-0.4, -0.2) is 18.5 Å². The molecule has 1 aliphatic carbocycles. The fourth-order valence-corrected chi connectivity index (χ4v) is 3.30. The second-order valence-electron chi connectivity index (χ2n) is 6.49. The van der Waals surface area contributed by atoms with E-state index in [9.17, 15) is 4.79 Å². The van der Waals surface area contributed by atoms with E-state index in [1.165, 1.54) is 18.4 Å². The number of rotatable bonds is 5. The van der Waals surface area contributed by atoms with Gasteiger partial charge in [0.2, 0.25) is 5.91 Å². The molecule has 0 aromatic heterocycles. The molecule has 0 unspecified atom stereocenters. The van der Waals surface area contributed by atoms with Crippen LogP contribution >= 0.6 is 11.6 Å². The zero-order valence-corrected chi connectivity index (χ0v) is 13.6. The fraction of sp³-hybridized carbons (Fsp3) is 0.588. The maximum Gasteiger partial charge on any atom is 0.237 e. The van der Waals surface area contributed by atoms with E-state index in [1.54, 1.807) is 0 Å². The molecule has 1 atom stereocenters. The standard InChI is InChI=1S/C17H25ClN2O/c1-12(2)15(19)16(21)20-11-17(8-3-4-9-17)13-6-5-7-14(18)10-13/h5-7,10,12,15H,3-4,8-9,11,19H2,1-2H3,(H,20,21)/t15-/m0/s1. The van der Waals surface area contributed by atoms with Crippen molar-refractivity contribution >= 4 is 17.5 Å². The molecule has 1 aromatic rings. The molecule has 116 valence electrons. The van der Waals surface area contributed by atoms with Crippen molar-refractivity contribution in [1.29, 1.82) is 0 Å². The summed E-state index contributed by atoms with van der Waals surface area (Å²) in [5.74, 6) is 0.0917. The van der Waals surface area contributed by atoms with Crippen molar-refractivity contribution in [2.75, 3.05) is 6.54 Å². The zero-order chi connectivity index (χ0) is 15.5. The summed E-state index contributed by atoms with van der Waals surface area (Å²) in [6.45, 7) is 4.58. The summed E-state index contributed by atoms with van der Waals surface area (Å²) < 4.78 is 0. The summed E-state index contributed by atoms with van der Waals surface area (Å²) in [7, 11) is 0. The summed E-state index contributed by atoms with van der Waals surface area (Å²) in [6, 6.07) is 7.58. The Kier molecular flexibility index (Phi) is 5.28. The minimum atomic E-state index is -0.442. The van der Waals surface area contributed by atoms with Gasteiger partial charge in [0.25, 0.3) is 0 Å². The molecule has 1 aromatic carbocycles. The Morgan fingerprint density at radius 3 is 2.62 bits per heavy atom. The lowest BCUT2D eigenvalue weighted by molar-refractivity contribution is -0.123. The molecule has 0 radical (unpaired) electrons. The Balaban J connectivity index is 2.11. The fourth-order valence-electron chi connectivity index (χ4n) is 3.11. The first-order valence-electron chi connectivity index (χ1n) is 7.74. The van der Waals surface area contributed by atoms with Crippen molar-refractivity contribution in [2.45, 2.75) is 51.0 Å². The lowest BCUT2D eigenvalue weighted by atomic mass is 9.78. The van der Waals surface area contributed by atoms with E-state index in [0.29, 0.717) is 6.54 Å². The molecule has 0 bridgehead atoms. The molecule has 3 N–H and O–H groups in total. The third kappa shape index (κ3) is 3.78. The normalized spacial score (nSPS) is 18.7. The molecule has 1 amide bonds. The van der Waals surface area contributed by atoms with Gasteiger partial charge in [-0.05, 0) is 36.5 Å². The van der Waals surface area contributed by atoms with Crippen LogP contribution in [-0.2, 0) is 10.2 Å². The number of nitrogens with one attached hydrogen (secondary N) is 1. The van der Waals surface area contributed by atoms with Crippen LogP contribution < -0.4 is 11.1 Å². The first-order valence-corrected chi connectivity index (χ1v) is 8.12. The largest absolute Gasteiger partial charge is 0.354 e. The van der Waals surface area contributed by atoms with Crippen molar-refractivity contribution in [3.05, 3.63) is 34.9 Å². The van der Waals surface area contributed by atoms with Gasteiger partial charge in [0.1, 0.15) is 0 Å². The molecule has 0 heterocycles. The summed E-state index contributed by atoms with van der Waals surface area (Å²) in [5.41, 5.74) is 7.16. The molecular formula is C17H25ClN2O. The van der Waals surface area contributed by atoms with Gasteiger partial charge in [-0.15, -0.1) is 0 Å². The summed E-state index contributed by atoms with van der Waals surface area (Å²) in [6.07, 6.45) is 4.56. The molecule has 0 aliphatic heterocycles. The van der Waals surface area contributed by atoms with Crippen molar-refractivity contribution in [3.63, 3.8) is 0 Å². The number of hydrogen-bond acceptors (Lipinski definition) is 2.